The first-order valence-electron chi connectivity index (χ1n) is 50.4. The Bertz CT molecular complexity index is 4050. The molecule has 8 bridgehead atoms. The number of H-pyrrole nitrogens is 2. The molecule has 3 aromatic heterocycles. The molecule has 0 saturated carbocycles. The summed E-state index contributed by atoms with van der Waals surface area (Å²) in [6.07, 6.45) is 42.1. The molecule has 0 spiro atoms. The largest absolute Gasteiger partial charge is 0.354 e. The Kier molecular flexibility index (Phi) is 44.5. The van der Waals surface area contributed by atoms with Gasteiger partial charge in [-0.3, -0.25) is 19.2 Å². The third-order valence-electron chi connectivity index (χ3n) is 26.6. The number of hydrogen-bond donors (Lipinski definition) is 2. The predicted molar refractivity (Wildman–Crippen MR) is 540 cm³/mol. The molecule has 0 radical (unpaired) electrons. The number of carbonyl (C=O) groups excluding carboxylic acids is 4. The van der Waals surface area contributed by atoms with Gasteiger partial charge in [-0.1, -0.05) is 316 Å². The van der Waals surface area contributed by atoms with E-state index < -0.39 is 16.1 Å². The second-order valence-electron chi connectivity index (χ2n) is 39.3. The van der Waals surface area contributed by atoms with Crippen molar-refractivity contribution in [3.8, 4) is 45.2 Å². The van der Waals surface area contributed by atoms with Crippen LogP contribution >= 0.6 is 0 Å². The van der Waals surface area contributed by atoms with Crippen molar-refractivity contribution in [3.05, 3.63) is 117 Å². The van der Waals surface area contributed by atoms with Gasteiger partial charge in [-0.25, -0.2) is 9.97 Å². The van der Waals surface area contributed by atoms with Crippen molar-refractivity contribution >= 4 is 86.1 Å². The molecule has 2 N–H and O–H groups in total. The van der Waals surface area contributed by atoms with Gasteiger partial charge in [0.05, 0.1) is 44.9 Å². The van der Waals surface area contributed by atoms with Gasteiger partial charge in [-0.2, -0.15) is 0 Å². The molecule has 4 amide bonds. The lowest BCUT2D eigenvalue weighted by Crippen LogP contribution is -2.40. The summed E-state index contributed by atoms with van der Waals surface area (Å²) in [5.41, 5.74) is 19.7. The molecule has 8 unspecified atom stereocenters. The van der Waals surface area contributed by atoms with Crippen LogP contribution in [-0.2, 0) is 0 Å². The van der Waals surface area contributed by atoms with Crippen LogP contribution in [0.4, 0.5) is 0 Å². The highest BCUT2D eigenvalue weighted by atomic mass is 28.3. The van der Waals surface area contributed by atoms with Gasteiger partial charge in [0, 0.05) is 96.8 Å². The Morgan fingerprint density at radius 2 is 0.500 bits per heavy atom. The number of aromatic nitrogens is 4. The monoisotopic (exact) mass is 1720 g/mol. The highest BCUT2D eigenvalue weighted by Crippen LogP contribution is 2.39. The Hall–Kier alpha value is -7.53. The molecule has 2 aromatic carbocycles. The Labute approximate surface area is 757 Å². The third kappa shape index (κ3) is 31.5. The van der Waals surface area contributed by atoms with E-state index in [0.717, 1.165) is 261 Å². The normalized spacial score (nSPS) is 14.0. The number of carbonyl (C=O) groups is 4. The SMILES string of the molecule is CCCCC(CC)CN(CC(CC)CCCC)C(=O)c1cc(C(=O)N(CC(CC)CCCC)CC(CC)CCCC)cc(-c2c3nc(c(C#C[Si](C)(C)C)c4ccc([nH]4)c(-c4cc(C(=O)N(CC(CC)CCCC)CC(CC)CCCC)cc(C(=O)N(CC(CC)CCCC)CC(CC)CCCC)c4)c4nc(c(C#C[Si](C)(C)C)c5ccc2[nH]5)C=C4)C=C3)c1. The van der Waals surface area contributed by atoms with Gasteiger partial charge in [0.1, 0.15) is 16.1 Å². The van der Waals surface area contributed by atoms with Gasteiger partial charge in [-0.05, 0) is 195 Å². The number of nitrogens with zero attached hydrogens (tertiary/aromatic N) is 6. The summed E-state index contributed by atoms with van der Waals surface area (Å²) >= 11 is 0. The van der Waals surface area contributed by atoms with E-state index in [-0.39, 0.29) is 23.6 Å². The standard InChI is InChI=1S/C110H170N8O4Si2/c1-23-39-47-81(31-9)73-115(74-82(32-10)48-40-24-2)107(119)91-67-89(68-92(71-91)108(120)116(75-83(33-11)49-41-25-3)76-84(34-12)50-42-26-4)105-101-59-55-97(111-101)95(63-65-123(17,18)19)99-57-61-103(113-99)106(104-62-58-100(114-104)96(64-66-124(20,21)22)98-56-60-102(105)112-98)90-69-93(109(121)117(77-85(35-13)51-43-27-5)78-86(36-14)52-44-28-6)72-94(70-90)110(122)118(79-87(37-15)53-45-29-7)80-88(38-16)54-46-30-8/h55-62,67-72,81-88,111,114H,23-54,73-80H2,1-22H3. The summed E-state index contributed by atoms with van der Waals surface area (Å²) in [5, 5.41) is 0. The number of rotatable bonds is 54. The lowest BCUT2D eigenvalue weighted by Gasteiger charge is -2.32. The number of benzene rings is 2. The summed E-state index contributed by atoms with van der Waals surface area (Å²) in [5.74, 6) is 10.0. The van der Waals surface area contributed by atoms with Crippen LogP contribution in [0.1, 0.15) is 392 Å². The minimum atomic E-state index is -2.10. The molecular weight excluding hydrogens is 1550 g/mol. The van der Waals surface area contributed by atoms with Crippen LogP contribution in [-0.4, -0.2) is 132 Å². The third-order valence-corrected chi connectivity index (χ3v) is 28.4. The fourth-order valence-corrected chi connectivity index (χ4v) is 19.1. The van der Waals surface area contributed by atoms with Crippen LogP contribution in [0.5, 0.6) is 0 Å². The van der Waals surface area contributed by atoms with Crippen molar-refractivity contribution in [2.24, 2.45) is 47.3 Å². The van der Waals surface area contributed by atoms with Gasteiger partial charge < -0.3 is 29.6 Å². The van der Waals surface area contributed by atoms with Gasteiger partial charge in [0.2, 0.25) is 0 Å². The smallest absolute Gasteiger partial charge is 0.253 e. The van der Waals surface area contributed by atoms with Crippen LogP contribution < -0.4 is 0 Å². The molecule has 124 heavy (non-hydrogen) atoms. The molecule has 0 aliphatic carbocycles. The van der Waals surface area contributed by atoms with Crippen molar-refractivity contribution in [2.75, 3.05) is 52.4 Å². The van der Waals surface area contributed by atoms with Crippen molar-refractivity contribution in [3.63, 3.8) is 0 Å². The zero-order valence-electron chi connectivity index (χ0n) is 82.3. The zero-order chi connectivity index (χ0) is 90.5. The summed E-state index contributed by atoms with van der Waals surface area (Å²) in [6.45, 7) is 55.1. The maximum atomic E-state index is 16.5. The van der Waals surface area contributed by atoms with E-state index in [1.54, 1.807) is 0 Å². The van der Waals surface area contributed by atoms with Gasteiger partial charge in [0.25, 0.3) is 23.6 Å². The molecule has 2 aliphatic rings. The van der Waals surface area contributed by atoms with E-state index in [0.29, 0.717) is 145 Å². The lowest BCUT2D eigenvalue weighted by atomic mass is 9.93. The van der Waals surface area contributed by atoms with Crippen molar-refractivity contribution < 1.29 is 19.2 Å². The van der Waals surface area contributed by atoms with Gasteiger partial charge in [-0.15, -0.1) is 11.1 Å². The Morgan fingerprint density at radius 3 is 0.694 bits per heavy atom. The fourth-order valence-electron chi connectivity index (χ4n) is 18.1. The average molecular weight is 1720 g/mol. The van der Waals surface area contributed by atoms with Crippen molar-refractivity contribution in [1.82, 2.24) is 39.5 Å². The number of unbranched alkanes of at least 4 members (excludes halogenated alkanes) is 8. The molecule has 0 saturated heterocycles. The topological polar surface area (TPSA) is 139 Å². The molecule has 2 aliphatic heterocycles. The Morgan fingerprint density at radius 1 is 0.298 bits per heavy atom. The number of hydrogen-bond acceptors (Lipinski definition) is 6. The number of fused-ring (bicyclic) bond motifs is 8. The fraction of sp³-hybridized carbons (Fsp3) is 0.636. The van der Waals surface area contributed by atoms with Crippen LogP contribution in [0.3, 0.4) is 0 Å². The summed E-state index contributed by atoms with van der Waals surface area (Å²) in [7, 11) is -4.21. The van der Waals surface area contributed by atoms with E-state index in [4.69, 9.17) is 9.97 Å². The van der Waals surface area contributed by atoms with E-state index in [9.17, 15) is 0 Å². The van der Waals surface area contributed by atoms with E-state index in [1.165, 1.54) is 0 Å². The second kappa shape index (κ2) is 53.3. The highest BCUT2D eigenvalue weighted by Gasteiger charge is 2.33. The van der Waals surface area contributed by atoms with E-state index in [2.05, 4.69) is 275 Å². The van der Waals surface area contributed by atoms with Gasteiger partial charge in [0.15, 0.2) is 0 Å². The molecular formula is C110H170N8O4Si2. The maximum Gasteiger partial charge on any atom is 0.253 e. The maximum absolute atomic E-state index is 16.5. The van der Waals surface area contributed by atoms with Gasteiger partial charge >= 0.3 is 0 Å². The molecule has 7 rings (SSSR count). The first kappa shape index (κ1) is 104. The van der Waals surface area contributed by atoms with E-state index in [1.807, 2.05) is 12.1 Å². The van der Waals surface area contributed by atoms with Crippen LogP contribution in [0, 0.1) is 70.3 Å². The van der Waals surface area contributed by atoms with Crippen LogP contribution in [0.2, 0.25) is 39.3 Å². The molecule has 682 valence electrons. The summed E-state index contributed by atoms with van der Waals surface area (Å²) in [6, 6.07) is 20.7. The summed E-state index contributed by atoms with van der Waals surface area (Å²) < 4.78 is 0. The number of aromatic amines is 2. The van der Waals surface area contributed by atoms with Crippen molar-refractivity contribution in [2.45, 2.75) is 356 Å². The van der Waals surface area contributed by atoms with Crippen molar-refractivity contribution in [1.29, 1.82) is 0 Å². The first-order chi connectivity index (χ1) is 59.6. The average Bonchev–Trinajstić information content (AvgIpc) is 1.61. The summed E-state index contributed by atoms with van der Waals surface area (Å²) in [4.78, 5) is 94.3. The molecule has 14 heteroatoms. The molecule has 5 heterocycles. The zero-order valence-corrected chi connectivity index (χ0v) is 84.3. The second-order valence-corrected chi connectivity index (χ2v) is 48.8. The van der Waals surface area contributed by atoms with E-state index >= 15 is 19.2 Å². The minimum absolute atomic E-state index is 0.0405. The van der Waals surface area contributed by atoms with Crippen LogP contribution in [0.25, 0.3) is 68.6 Å². The minimum Gasteiger partial charge on any atom is -0.354 e. The Balaban J connectivity index is 1.71. The highest BCUT2D eigenvalue weighted by molar-refractivity contribution is 6.84. The van der Waals surface area contributed by atoms with Crippen LogP contribution in [0.15, 0.2) is 60.7 Å². The predicted octanol–water partition coefficient (Wildman–Crippen LogP) is 29.9. The molecule has 12 nitrogen and oxygen atoms in total. The molecule has 8 atom stereocenters. The number of amides is 4. The number of nitrogens with one attached hydrogen (secondary N) is 2. The molecule has 0 fully saturated rings. The first-order valence-corrected chi connectivity index (χ1v) is 57.4. The lowest BCUT2D eigenvalue weighted by molar-refractivity contribution is 0.0669. The molecule has 5 aromatic rings. The quantitative estimate of drug-likeness (QED) is 0.0288.